The van der Waals surface area contributed by atoms with Crippen LogP contribution in [0.25, 0.3) is 0 Å². The van der Waals surface area contributed by atoms with Crippen molar-refractivity contribution in [3.8, 4) is 5.75 Å². The lowest BCUT2D eigenvalue weighted by Gasteiger charge is -2.30. The van der Waals surface area contributed by atoms with Gasteiger partial charge in [-0.2, -0.15) is 0 Å². The van der Waals surface area contributed by atoms with E-state index in [0.29, 0.717) is 22.8 Å². The van der Waals surface area contributed by atoms with Gasteiger partial charge in [0.2, 0.25) is 0 Å². The van der Waals surface area contributed by atoms with Gasteiger partial charge in [-0.15, -0.1) is 0 Å². The van der Waals surface area contributed by atoms with Crippen molar-refractivity contribution >= 4 is 23.2 Å². The predicted octanol–water partition coefficient (Wildman–Crippen LogP) is 3.95. The highest BCUT2D eigenvalue weighted by molar-refractivity contribution is 6.32. The molecule has 3 nitrogen and oxygen atoms in total. The number of halogens is 1. The number of benzene rings is 2. The number of fused-ring (bicyclic) bond motifs is 1. The van der Waals surface area contributed by atoms with Crippen molar-refractivity contribution in [3.05, 3.63) is 58.1 Å². The summed E-state index contributed by atoms with van der Waals surface area (Å²) in [5.74, 6) is 0.0395. The third kappa shape index (κ3) is 2.38. The second-order valence-corrected chi connectivity index (χ2v) is 5.66. The molecule has 0 atom stereocenters. The zero-order valence-corrected chi connectivity index (χ0v) is 12.5. The number of nitrogens with zero attached hydrogens (tertiary/aromatic N) is 1. The van der Waals surface area contributed by atoms with Crippen molar-refractivity contribution < 1.29 is 9.90 Å². The lowest BCUT2D eigenvalue weighted by atomic mass is 9.99. The third-order valence-corrected chi connectivity index (χ3v) is 4.35. The van der Waals surface area contributed by atoms with Crippen LogP contribution in [0.1, 0.15) is 27.9 Å². The molecule has 0 radical (unpaired) electrons. The van der Waals surface area contributed by atoms with E-state index in [1.807, 2.05) is 19.1 Å². The van der Waals surface area contributed by atoms with E-state index in [1.54, 1.807) is 29.2 Å². The van der Waals surface area contributed by atoms with Crippen molar-refractivity contribution in [3.63, 3.8) is 0 Å². The van der Waals surface area contributed by atoms with Crippen LogP contribution in [-0.2, 0) is 6.42 Å². The number of para-hydroxylation sites is 1. The van der Waals surface area contributed by atoms with Crippen LogP contribution < -0.4 is 4.90 Å². The Balaban J connectivity index is 2.07. The maximum Gasteiger partial charge on any atom is 0.258 e. The molecule has 0 aliphatic carbocycles. The fraction of sp³-hybridized carbons (Fsp3) is 0.235. The summed E-state index contributed by atoms with van der Waals surface area (Å²) in [4.78, 5) is 14.5. The molecular weight excluding hydrogens is 286 g/mol. The molecule has 1 heterocycles. The number of carbonyl (C=O) groups excluding carboxylic acids is 1. The van der Waals surface area contributed by atoms with Crippen molar-refractivity contribution in [1.82, 2.24) is 0 Å². The summed E-state index contributed by atoms with van der Waals surface area (Å²) in [6.45, 7) is 2.45. The van der Waals surface area contributed by atoms with Crippen LogP contribution in [0.15, 0.2) is 36.4 Å². The van der Waals surface area contributed by atoms with Crippen LogP contribution >= 0.6 is 11.6 Å². The number of rotatable bonds is 1. The first-order chi connectivity index (χ1) is 10.1. The molecule has 1 N–H and O–H groups in total. The molecule has 2 aromatic rings. The first-order valence-electron chi connectivity index (χ1n) is 6.97. The van der Waals surface area contributed by atoms with E-state index in [4.69, 9.17) is 11.6 Å². The van der Waals surface area contributed by atoms with E-state index in [0.717, 1.165) is 24.0 Å². The molecule has 0 bridgehead atoms. The fourth-order valence-electron chi connectivity index (χ4n) is 2.82. The molecule has 1 amide bonds. The standard InChI is InChI=1S/C17H16ClNO2/c1-11-13(7-3-8-14(11)18)17(21)19-10-4-6-12-5-2-9-15(20)16(12)19/h2-3,5,7-9,20H,4,6,10H2,1H3. The topological polar surface area (TPSA) is 40.5 Å². The van der Waals surface area contributed by atoms with Crippen LogP contribution in [0.2, 0.25) is 5.02 Å². The average molecular weight is 302 g/mol. The predicted molar refractivity (Wildman–Crippen MR) is 84.3 cm³/mol. The number of hydrogen-bond donors (Lipinski definition) is 1. The average Bonchev–Trinajstić information content (AvgIpc) is 2.49. The quantitative estimate of drug-likeness (QED) is 0.866. The van der Waals surface area contributed by atoms with Crippen LogP contribution in [0.5, 0.6) is 5.75 Å². The van der Waals surface area contributed by atoms with Gasteiger partial charge >= 0.3 is 0 Å². The van der Waals surface area contributed by atoms with Gasteiger partial charge in [-0.05, 0) is 49.1 Å². The molecule has 0 spiro atoms. The Labute approximate surface area is 128 Å². The zero-order chi connectivity index (χ0) is 15.0. The number of aryl methyl sites for hydroxylation is 1. The Hall–Kier alpha value is -2.00. The molecule has 2 aromatic carbocycles. The van der Waals surface area contributed by atoms with E-state index in [1.165, 1.54) is 0 Å². The lowest BCUT2D eigenvalue weighted by molar-refractivity contribution is 0.0983. The fourth-order valence-corrected chi connectivity index (χ4v) is 2.99. The molecule has 0 saturated heterocycles. The zero-order valence-electron chi connectivity index (χ0n) is 11.8. The minimum absolute atomic E-state index is 0.113. The number of hydrogen-bond acceptors (Lipinski definition) is 2. The van der Waals surface area contributed by atoms with Gasteiger partial charge < -0.3 is 10.0 Å². The van der Waals surface area contributed by atoms with Gasteiger partial charge in [0.05, 0.1) is 5.69 Å². The number of phenolic OH excluding ortho intramolecular Hbond substituents is 1. The first-order valence-corrected chi connectivity index (χ1v) is 7.35. The Morgan fingerprint density at radius 3 is 2.81 bits per heavy atom. The second kappa shape index (κ2) is 5.41. The minimum atomic E-state index is -0.113. The highest BCUT2D eigenvalue weighted by atomic mass is 35.5. The van der Waals surface area contributed by atoms with E-state index in [2.05, 4.69) is 0 Å². The molecule has 0 aromatic heterocycles. The Morgan fingerprint density at radius 1 is 1.24 bits per heavy atom. The molecular formula is C17H16ClNO2. The van der Waals surface area contributed by atoms with Crippen LogP contribution in [-0.4, -0.2) is 17.6 Å². The smallest absolute Gasteiger partial charge is 0.258 e. The number of carbonyl (C=O) groups is 1. The third-order valence-electron chi connectivity index (χ3n) is 3.94. The molecule has 0 saturated carbocycles. The molecule has 0 unspecified atom stereocenters. The summed E-state index contributed by atoms with van der Waals surface area (Å²) < 4.78 is 0. The summed E-state index contributed by atoms with van der Waals surface area (Å²) in [6, 6.07) is 10.7. The highest BCUT2D eigenvalue weighted by Gasteiger charge is 2.27. The Bertz CT molecular complexity index is 712. The summed E-state index contributed by atoms with van der Waals surface area (Å²) >= 11 is 6.11. The Kier molecular flexibility index (Phi) is 3.60. The molecule has 1 aliphatic heterocycles. The van der Waals surface area contributed by atoms with E-state index >= 15 is 0 Å². The van der Waals surface area contributed by atoms with E-state index in [-0.39, 0.29) is 11.7 Å². The highest BCUT2D eigenvalue weighted by Crippen LogP contribution is 2.36. The van der Waals surface area contributed by atoms with Gasteiger partial charge in [-0.1, -0.05) is 29.8 Å². The van der Waals surface area contributed by atoms with Crippen molar-refractivity contribution in [1.29, 1.82) is 0 Å². The van der Waals surface area contributed by atoms with Crippen LogP contribution in [0.3, 0.4) is 0 Å². The van der Waals surface area contributed by atoms with E-state index < -0.39 is 0 Å². The molecule has 0 fully saturated rings. The van der Waals surface area contributed by atoms with Crippen molar-refractivity contribution in [2.75, 3.05) is 11.4 Å². The lowest BCUT2D eigenvalue weighted by Crippen LogP contribution is -2.36. The van der Waals surface area contributed by atoms with Crippen molar-refractivity contribution in [2.24, 2.45) is 0 Å². The number of aromatic hydroxyl groups is 1. The summed E-state index contributed by atoms with van der Waals surface area (Å²) in [7, 11) is 0. The first kappa shape index (κ1) is 14.0. The molecule has 21 heavy (non-hydrogen) atoms. The normalized spacial score (nSPS) is 13.9. The van der Waals surface area contributed by atoms with Gasteiger partial charge in [0.15, 0.2) is 0 Å². The summed E-state index contributed by atoms with van der Waals surface area (Å²) in [5.41, 5.74) is 2.99. The summed E-state index contributed by atoms with van der Waals surface area (Å²) in [6.07, 6.45) is 1.77. The second-order valence-electron chi connectivity index (χ2n) is 5.26. The summed E-state index contributed by atoms with van der Waals surface area (Å²) in [5, 5.41) is 10.7. The molecule has 3 rings (SSSR count). The largest absolute Gasteiger partial charge is 0.506 e. The minimum Gasteiger partial charge on any atom is -0.506 e. The Morgan fingerprint density at radius 2 is 2.00 bits per heavy atom. The number of amides is 1. The van der Waals surface area contributed by atoms with Gasteiger partial charge in [0, 0.05) is 17.1 Å². The number of phenols is 1. The number of anilines is 1. The molecule has 108 valence electrons. The van der Waals surface area contributed by atoms with Crippen molar-refractivity contribution in [2.45, 2.75) is 19.8 Å². The van der Waals surface area contributed by atoms with Crippen LogP contribution in [0.4, 0.5) is 5.69 Å². The molecule has 4 heteroatoms. The van der Waals surface area contributed by atoms with Crippen LogP contribution in [0, 0.1) is 6.92 Å². The van der Waals surface area contributed by atoms with Gasteiger partial charge in [0.25, 0.3) is 5.91 Å². The van der Waals surface area contributed by atoms with Gasteiger partial charge in [0.1, 0.15) is 5.75 Å². The maximum atomic E-state index is 12.8. The SMILES string of the molecule is Cc1c(Cl)cccc1C(=O)N1CCCc2cccc(O)c21. The van der Waals surface area contributed by atoms with Gasteiger partial charge in [-0.25, -0.2) is 0 Å². The maximum absolute atomic E-state index is 12.8. The van der Waals surface area contributed by atoms with E-state index in [9.17, 15) is 9.90 Å². The monoisotopic (exact) mass is 301 g/mol. The molecule has 1 aliphatic rings. The van der Waals surface area contributed by atoms with Gasteiger partial charge in [-0.3, -0.25) is 4.79 Å².